The number of morpholine rings is 1. The first-order valence-corrected chi connectivity index (χ1v) is 11.2. The van der Waals surface area contributed by atoms with Gasteiger partial charge >= 0.3 is 0 Å². The van der Waals surface area contributed by atoms with Gasteiger partial charge in [-0.05, 0) is 37.3 Å². The Bertz CT molecular complexity index is 1130. The van der Waals surface area contributed by atoms with Gasteiger partial charge in [0.25, 0.3) is 5.91 Å². The monoisotopic (exact) mass is 429 g/mol. The zero-order chi connectivity index (χ0) is 21.1. The summed E-state index contributed by atoms with van der Waals surface area (Å²) in [5, 5.41) is 3.69. The number of benzene rings is 2. The van der Waals surface area contributed by atoms with Crippen LogP contribution in [0.1, 0.15) is 17.4 Å². The van der Waals surface area contributed by atoms with Gasteiger partial charge in [0.1, 0.15) is 16.3 Å². The van der Waals surface area contributed by atoms with Gasteiger partial charge in [-0.15, -0.1) is 0 Å². The summed E-state index contributed by atoms with van der Waals surface area (Å²) in [5.74, 6) is -0.0994. The second-order valence-electron chi connectivity index (χ2n) is 6.84. The van der Waals surface area contributed by atoms with Crippen LogP contribution in [0.4, 0.5) is 5.69 Å². The van der Waals surface area contributed by atoms with Gasteiger partial charge in [0, 0.05) is 29.7 Å². The van der Waals surface area contributed by atoms with Crippen molar-refractivity contribution in [3.63, 3.8) is 0 Å². The number of aromatic nitrogens is 1. The summed E-state index contributed by atoms with van der Waals surface area (Å²) in [4.78, 5) is 15.8. The molecule has 2 aromatic carbocycles. The van der Waals surface area contributed by atoms with Crippen molar-refractivity contribution in [2.75, 3.05) is 38.2 Å². The van der Waals surface area contributed by atoms with Crippen LogP contribution in [0.5, 0.6) is 5.75 Å². The number of carbonyl (C=O) groups excluding carboxylic acids is 1. The minimum absolute atomic E-state index is 0.0284. The van der Waals surface area contributed by atoms with E-state index in [2.05, 4.69) is 10.3 Å². The molecule has 0 unspecified atom stereocenters. The first-order valence-electron chi connectivity index (χ1n) is 9.73. The molecule has 1 aromatic heterocycles. The third-order valence-electron chi connectivity index (χ3n) is 4.86. The molecular weight excluding hydrogens is 406 g/mol. The molecular formula is C21H23N3O5S. The van der Waals surface area contributed by atoms with E-state index in [1.807, 2.05) is 24.3 Å². The van der Waals surface area contributed by atoms with Gasteiger partial charge in [0.15, 0.2) is 0 Å². The van der Waals surface area contributed by atoms with Crippen molar-refractivity contribution in [3.8, 4) is 5.75 Å². The first kappa shape index (κ1) is 20.4. The van der Waals surface area contributed by atoms with E-state index in [9.17, 15) is 13.2 Å². The van der Waals surface area contributed by atoms with Crippen LogP contribution >= 0.6 is 0 Å². The lowest BCUT2D eigenvalue weighted by atomic mass is 10.2. The van der Waals surface area contributed by atoms with E-state index in [0.717, 1.165) is 10.9 Å². The lowest BCUT2D eigenvalue weighted by Crippen LogP contribution is -2.40. The van der Waals surface area contributed by atoms with Gasteiger partial charge in [-0.2, -0.15) is 4.31 Å². The number of hydrogen-bond acceptors (Lipinski definition) is 5. The molecule has 0 radical (unpaired) electrons. The molecule has 0 saturated carbocycles. The minimum atomic E-state index is -3.79. The number of sulfonamides is 1. The molecule has 0 aliphatic carbocycles. The van der Waals surface area contributed by atoms with E-state index in [4.69, 9.17) is 9.47 Å². The van der Waals surface area contributed by atoms with Crippen LogP contribution < -0.4 is 10.1 Å². The van der Waals surface area contributed by atoms with Crippen LogP contribution in [0.25, 0.3) is 10.9 Å². The van der Waals surface area contributed by atoms with Crippen molar-refractivity contribution in [1.29, 1.82) is 0 Å². The molecule has 0 bridgehead atoms. The van der Waals surface area contributed by atoms with Gasteiger partial charge in [-0.25, -0.2) is 8.42 Å². The average molecular weight is 429 g/mol. The van der Waals surface area contributed by atoms with Crippen LogP contribution in [0.2, 0.25) is 0 Å². The average Bonchev–Trinajstić information content (AvgIpc) is 3.20. The quantitative estimate of drug-likeness (QED) is 0.628. The molecule has 1 aliphatic rings. The number of hydrogen-bond donors (Lipinski definition) is 2. The number of rotatable bonds is 6. The Labute approximate surface area is 174 Å². The van der Waals surface area contributed by atoms with Crippen LogP contribution in [0.3, 0.4) is 0 Å². The van der Waals surface area contributed by atoms with Crippen molar-refractivity contribution in [2.45, 2.75) is 11.8 Å². The summed E-state index contributed by atoms with van der Waals surface area (Å²) in [6, 6.07) is 14.0. The summed E-state index contributed by atoms with van der Waals surface area (Å²) in [6.45, 7) is 3.36. The van der Waals surface area contributed by atoms with E-state index in [0.29, 0.717) is 31.2 Å². The van der Waals surface area contributed by atoms with Crippen LogP contribution in [0, 0.1) is 0 Å². The Morgan fingerprint density at radius 3 is 2.67 bits per heavy atom. The van der Waals surface area contributed by atoms with E-state index < -0.39 is 10.0 Å². The number of carbonyl (C=O) groups is 1. The number of amides is 1. The van der Waals surface area contributed by atoms with Gasteiger partial charge in [-0.1, -0.05) is 18.2 Å². The maximum absolute atomic E-state index is 13.2. The molecule has 0 atom stereocenters. The molecule has 158 valence electrons. The van der Waals surface area contributed by atoms with E-state index in [-0.39, 0.29) is 29.6 Å². The molecule has 0 spiro atoms. The second kappa shape index (κ2) is 8.47. The fraction of sp³-hybridized carbons (Fsp3) is 0.286. The summed E-state index contributed by atoms with van der Waals surface area (Å²) in [5.41, 5.74) is 1.61. The van der Waals surface area contributed by atoms with Gasteiger partial charge in [-0.3, -0.25) is 4.79 Å². The molecule has 30 heavy (non-hydrogen) atoms. The Kier molecular flexibility index (Phi) is 5.76. The predicted molar refractivity (Wildman–Crippen MR) is 113 cm³/mol. The van der Waals surface area contributed by atoms with Crippen LogP contribution in [-0.4, -0.2) is 56.5 Å². The zero-order valence-electron chi connectivity index (χ0n) is 16.6. The molecule has 9 heteroatoms. The van der Waals surface area contributed by atoms with Gasteiger partial charge < -0.3 is 19.8 Å². The zero-order valence-corrected chi connectivity index (χ0v) is 17.4. The van der Waals surface area contributed by atoms with Gasteiger partial charge in [0.2, 0.25) is 10.0 Å². The minimum Gasteiger partial charge on any atom is -0.492 e. The maximum atomic E-state index is 13.2. The predicted octanol–water partition coefficient (Wildman–Crippen LogP) is 2.84. The van der Waals surface area contributed by atoms with Gasteiger partial charge in [0.05, 0.1) is 19.8 Å². The number of anilines is 1. The number of aromatic amines is 1. The third kappa shape index (κ3) is 4.04. The molecule has 3 aromatic rings. The smallest absolute Gasteiger partial charge is 0.272 e. The normalized spacial score (nSPS) is 15.2. The highest BCUT2D eigenvalue weighted by Gasteiger charge is 2.30. The molecule has 4 rings (SSSR count). The second-order valence-corrected chi connectivity index (χ2v) is 8.74. The van der Waals surface area contributed by atoms with Crippen molar-refractivity contribution < 1.29 is 22.7 Å². The Morgan fingerprint density at radius 2 is 1.93 bits per heavy atom. The summed E-state index contributed by atoms with van der Waals surface area (Å²) >= 11 is 0. The molecule has 2 heterocycles. The van der Waals surface area contributed by atoms with E-state index in [1.165, 1.54) is 10.4 Å². The van der Waals surface area contributed by atoms with E-state index >= 15 is 0 Å². The topological polar surface area (TPSA) is 101 Å². The van der Waals surface area contributed by atoms with Crippen LogP contribution in [0.15, 0.2) is 53.4 Å². The lowest BCUT2D eigenvalue weighted by molar-refractivity contribution is 0.0729. The number of nitrogens with zero attached hydrogens (tertiary/aromatic N) is 1. The Morgan fingerprint density at radius 1 is 1.17 bits per heavy atom. The number of fused-ring (bicyclic) bond motifs is 1. The number of para-hydroxylation sites is 1. The van der Waals surface area contributed by atoms with Crippen molar-refractivity contribution in [3.05, 3.63) is 54.2 Å². The Balaban J connectivity index is 1.64. The fourth-order valence-corrected chi connectivity index (χ4v) is 4.95. The first-order chi connectivity index (χ1) is 14.5. The van der Waals surface area contributed by atoms with Crippen LogP contribution in [-0.2, 0) is 14.8 Å². The summed E-state index contributed by atoms with van der Waals surface area (Å²) in [6.07, 6.45) is 0. The lowest BCUT2D eigenvalue weighted by Gasteiger charge is -2.27. The molecule has 1 aliphatic heterocycles. The summed E-state index contributed by atoms with van der Waals surface area (Å²) < 4.78 is 38.5. The maximum Gasteiger partial charge on any atom is 0.272 e. The number of nitrogens with one attached hydrogen (secondary N) is 2. The molecule has 2 N–H and O–H groups in total. The summed E-state index contributed by atoms with van der Waals surface area (Å²) in [7, 11) is -3.79. The highest BCUT2D eigenvalue weighted by molar-refractivity contribution is 7.89. The molecule has 1 amide bonds. The molecule has 8 nitrogen and oxygen atoms in total. The standard InChI is InChI=1S/C21H23N3O5S/c1-2-29-19-8-7-16(14-20(19)30(26,27)24-9-11-28-12-10-24)22-21(25)18-13-15-5-3-4-6-17(15)23-18/h3-8,13-14,23H,2,9-12H2,1H3,(H,22,25). The highest BCUT2D eigenvalue weighted by atomic mass is 32.2. The van der Waals surface area contributed by atoms with Crippen molar-refractivity contribution >= 4 is 32.5 Å². The highest BCUT2D eigenvalue weighted by Crippen LogP contribution is 2.31. The largest absolute Gasteiger partial charge is 0.492 e. The van der Waals surface area contributed by atoms with Crippen molar-refractivity contribution in [2.24, 2.45) is 0 Å². The van der Waals surface area contributed by atoms with Crippen molar-refractivity contribution in [1.82, 2.24) is 9.29 Å². The molecule has 1 fully saturated rings. The van der Waals surface area contributed by atoms with E-state index in [1.54, 1.807) is 25.1 Å². The third-order valence-corrected chi connectivity index (χ3v) is 6.78. The number of H-pyrrole nitrogens is 1. The fourth-order valence-electron chi connectivity index (χ4n) is 3.38. The number of ether oxygens (including phenoxy) is 2. The SMILES string of the molecule is CCOc1ccc(NC(=O)c2cc3ccccc3[nH]2)cc1S(=O)(=O)N1CCOCC1. The molecule has 1 saturated heterocycles. The Hall–Kier alpha value is -2.88.